The maximum Gasteiger partial charge on any atom is 0.416 e. The van der Waals surface area contributed by atoms with Gasteiger partial charge in [-0.15, -0.1) is 12.4 Å². The average Bonchev–Trinajstić information content (AvgIpc) is 2.46. The van der Waals surface area contributed by atoms with Crippen molar-refractivity contribution in [3.8, 4) is 0 Å². The van der Waals surface area contributed by atoms with Crippen molar-refractivity contribution >= 4 is 24.0 Å². The van der Waals surface area contributed by atoms with Gasteiger partial charge in [-0.3, -0.25) is 4.79 Å². The molecule has 0 bridgehead atoms. The summed E-state index contributed by atoms with van der Waals surface area (Å²) in [6.45, 7) is 3.94. The molecule has 0 fully saturated rings. The van der Waals surface area contributed by atoms with Gasteiger partial charge in [-0.25, -0.2) is 0 Å². The maximum absolute atomic E-state index is 12.8. The van der Waals surface area contributed by atoms with Gasteiger partial charge in [0.25, 0.3) is 5.91 Å². The van der Waals surface area contributed by atoms with E-state index in [0.717, 1.165) is 25.0 Å². The number of anilines is 1. The first-order chi connectivity index (χ1) is 10.3. The summed E-state index contributed by atoms with van der Waals surface area (Å²) in [5, 5.41) is 2.44. The van der Waals surface area contributed by atoms with Crippen LogP contribution in [0.15, 0.2) is 18.2 Å². The molecule has 0 spiro atoms. The molecule has 132 valence electrons. The van der Waals surface area contributed by atoms with E-state index in [1.807, 2.05) is 6.92 Å². The lowest BCUT2D eigenvalue weighted by Crippen LogP contribution is -2.28. The largest absolute Gasteiger partial charge is 0.416 e. The minimum absolute atomic E-state index is 0. The van der Waals surface area contributed by atoms with Gasteiger partial charge in [0.2, 0.25) is 0 Å². The Morgan fingerprint density at radius 2 is 2.00 bits per heavy atom. The number of unbranched alkanes of at least 4 members (excludes halogenated alkanes) is 1. The van der Waals surface area contributed by atoms with Crippen LogP contribution in [-0.2, 0) is 22.3 Å². The zero-order chi connectivity index (χ0) is 16.8. The molecule has 0 aromatic heterocycles. The Hall–Kier alpha value is -1.31. The Morgan fingerprint density at radius 3 is 2.52 bits per heavy atom. The van der Waals surface area contributed by atoms with Crippen molar-refractivity contribution in [2.75, 3.05) is 11.9 Å². The molecule has 3 N–H and O–H groups in total. The van der Waals surface area contributed by atoms with Crippen LogP contribution in [0, 0.1) is 0 Å². The van der Waals surface area contributed by atoms with E-state index in [4.69, 9.17) is 10.5 Å². The highest BCUT2D eigenvalue weighted by atomic mass is 35.5. The van der Waals surface area contributed by atoms with Crippen molar-refractivity contribution in [2.24, 2.45) is 5.73 Å². The van der Waals surface area contributed by atoms with Crippen LogP contribution >= 0.6 is 12.4 Å². The van der Waals surface area contributed by atoms with Crippen LogP contribution in [0.1, 0.15) is 37.8 Å². The van der Waals surface area contributed by atoms with Crippen LogP contribution in [0.5, 0.6) is 0 Å². The summed E-state index contributed by atoms with van der Waals surface area (Å²) in [5.74, 6) is -0.488. The van der Waals surface area contributed by atoms with E-state index in [0.29, 0.717) is 12.2 Å². The number of halogens is 4. The van der Waals surface area contributed by atoms with Crippen LogP contribution in [-0.4, -0.2) is 18.6 Å². The molecule has 0 saturated heterocycles. The van der Waals surface area contributed by atoms with Gasteiger partial charge in [-0.1, -0.05) is 13.3 Å². The summed E-state index contributed by atoms with van der Waals surface area (Å²) in [4.78, 5) is 11.9. The Kier molecular flexibility index (Phi) is 9.19. The quantitative estimate of drug-likeness (QED) is 0.733. The fraction of sp³-hybridized carbons (Fsp3) is 0.533. The number of amides is 1. The third-order valence-corrected chi connectivity index (χ3v) is 3.06. The minimum Gasteiger partial charge on any atom is -0.369 e. The highest BCUT2D eigenvalue weighted by molar-refractivity contribution is 5.94. The molecule has 1 unspecified atom stereocenters. The molecule has 0 radical (unpaired) electrons. The predicted molar refractivity (Wildman–Crippen MR) is 85.5 cm³/mol. The standard InChI is InChI=1S/C15H21F3N2O2.ClH/c1-3-4-5-22-10(2)14(21)20-13-7-11(9-19)6-12(8-13)15(16,17)18;/h6-8,10H,3-5,9,19H2,1-2H3,(H,20,21);1H. The van der Waals surface area contributed by atoms with Crippen molar-refractivity contribution in [2.45, 2.75) is 45.5 Å². The molecule has 0 saturated carbocycles. The molecule has 1 amide bonds. The zero-order valence-electron chi connectivity index (χ0n) is 13.1. The van der Waals surface area contributed by atoms with Crippen LogP contribution in [0.3, 0.4) is 0 Å². The number of hydrogen-bond acceptors (Lipinski definition) is 3. The fourth-order valence-electron chi connectivity index (χ4n) is 1.77. The van der Waals surface area contributed by atoms with Gasteiger partial charge in [0.1, 0.15) is 6.10 Å². The summed E-state index contributed by atoms with van der Waals surface area (Å²) >= 11 is 0. The SMILES string of the molecule is CCCCOC(C)C(=O)Nc1cc(CN)cc(C(F)(F)F)c1.Cl. The first kappa shape index (κ1) is 21.7. The van der Waals surface area contributed by atoms with Gasteiger partial charge < -0.3 is 15.8 Å². The van der Waals surface area contributed by atoms with Crippen LogP contribution in [0.4, 0.5) is 18.9 Å². The number of benzene rings is 1. The van der Waals surface area contributed by atoms with Crippen LogP contribution in [0.25, 0.3) is 0 Å². The van der Waals surface area contributed by atoms with E-state index in [-0.39, 0.29) is 24.6 Å². The van der Waals surface area contributed by atoms with Crippen molar-refractivity contribution in [3.63, 3.8) is 0 Å². The lowest BCUT2D eigenvalue weighted by molar-refractivity contribution is -0.137. The number of hydrogen-bond donors (Lipinski definition) is 2. The smallest absolute Gasteiger partial charge is 0.369 e. The summed E-state index contributed by atoms with van der Waals surface area (Å²) in [5.41, 5.74) is 4.91. The van der Waals surface area contributed by atoms with E-state index in [9.17, 15) is 18.0 Å². The molecular formula is C15H22ClF3N2O2. The van der Waals surface area contributed by atoms with Crippen molar-refractivity contribution in [3.05, 3.63) is 29.3 Å². The fourth-order valence-corrected chi connectivity index (χ4v) is 1.77. The third-order valence-electron chi connectivity index (χ3n) is 3.06. The lowest BCUT2D eigenvalue weighted by Gasteiger charge is -2.15. The van der Waals surface area contributed by atoms with E-state index in [2.05, 4.69) is 5.32 Å². The Bertz CT molecular complexity index is 510. The topological polar surface area (TPSA) is 64.3 Å². The van der Waals surface area contributed by atoms with E-state index in [1.165, 1.54) is 6.07 Å². The maximum atomic E-state index is 12.8. The zero-order valence-corrected chi connectivity index (χ0v) is 13.9. The summed E-state index contributed by atoms with van der Waals surface area (Å²) in [7, 11) is 0. The molecule has 0 aliphatic rings. The number of nitrogens with two attached hydrogens (primary N) is 1. The third kappa shape index (κ3) is 7.20. The monoisotopic (exact) mass is 354 g/mol. The van der Waals surface area contributed by atoms with Crippen molar-refractivity contribution < 1.29 is 22.7 Å². The van der Waals surface area contributed by atoms with Gasteiger partial charge in [0.15, 0.2) is 0 Å². The Labute approximate surface area is 140 Å². The highest BCUT2D eigenvalue weighted by Crippen LogP contribution is 2.32. The molecule has 0 aliphatic carbocycles. The summed E-state index contributed by atoms with van der Waals surface area (Å²) in [6, 6.07) is 3.28. The normalized spacial score (nSPS) is 12.4. The van der Waals surface area contributed by atoms with Gasteiger partial charge in [-0.05, 0) is 37.1 Å². The number of carbonyl (C=O) groups excluding carboxylic acids is 1. The average molecular weight is 355 g/mol. The number of alkyl halides is 3. The second-order valence-corrected chi connectivity index (χ2v) is 4.98. The lowest BCUT2D eigenvalue weighted by atomic mass is 10.1. The second kappa shape index (κ2) is 9.75. The molecule has 0 aliphatic heterocycles. The number of nitrogens with one attached hydrogen (secondary N) is 1. The van der Waals surface area contributed by atoms with E-state index >= 15 is 0 Å². The van der Waals surface area contributed by atoms with Crippen molar-refractivity contribution in [1.82, 2.24) is 0 Å². The minimum atomic E-state index is -4.49. The molecule has 1 aromatic carbocycles. The predicted octanol–water partition coefficient (Wildman–Crippen LogP) is 3.73. The van der Waals surface area contributed by atoms with Gasteiger partial charge in [0.05, 0.1) is 5.56 Å². The molecule has 8 heteroatoms. The number of carbonyl (C=O) groups is 1. The van der Waals surface area contributed by atoms with E-state index < -0.39 is 23.8 Å². The molecule has 1 rings (SSSR count). The Balaban J connectivity index is 0.00000484. The highest BCUT2D eigenvalue weighted by Gasteiger charge is 2.31. The molecular weight excluding hydrogens is 333 g/mol. The number of rotatable bonds is 7. The molecule has 23 heavy (non-hydrogen) atoms. The number of ether oxygens (including phenoxy) is 1. The first-order valence-corrected chi connectivity index (χ1v) is 7.11. The van der Waals surface area contributed by atoms with Crippen LogP contribution in [0.2, 0.25) is 0 Å². The molecule has 4 nitrogen and oxygen atoms in total. The Morgan fingerprint density at radius 1 is 1.35 bits per heavy atom. The summed E-state index contributed by atoms with van der Waals surface area (Å²) in [6.07, 6.45) is -3.48. The van der Waals surface area contributed by atoms with Crippen LogP contribution < -0.4 is 11.1 Å². The van der Waals surface area contributed by atoms with Crippen molar-refractivity contribution in [1.29, 1.82) is 0 Å². The van der Waals surface area contributed by atoms with Gasteiger partial charge in [-0.2, -0.15) is 13.2 Å². The second-order valence-electron chi connectivity index (χ2n) is 4.98. The molecule has 0 heterocycles. The summed E-state index contributed by atoms with van der Waals surface area (Å²) < 4.78 is 43.7. The van der Waals surface area contributed by atoms with Gasteiger partial charge >= 0.3 is 6.18 Å². The first-order valence-electron chi connectivity index (χ1n) is 7.11. The molecule has 1 atom stereocenters. The molecule has 1 aromatic rings. The van der Waals surface area contributed by atoms with E-state index in [1.54, 1.807) is 6.92 Å². The van der Waals surface area contributed by atoms with Gasteiger partial charge in [0, 0.05) is 18.8 Å².